The van der Waals surface area contributed by atoms with Crippen LogP contribution < -0.4 is 0 Å². The van der Waals surface area contributed by atoms with Crippen LogP contribution in [-0.4, -0.2) is 16.2 Å². The third-order valence-electron chi connectivity index (χ3n) is 2.43. The van der Waals surface area contributed by atoms with Crippen molar-refractivity contribution in [3.8, 4) is 11.3 Å². The number of rotatable bonds is 4. The van der Waals surface area contributed by atoms with Crippen molar-refractivity contribution in [2.75, 3.05) is 0 Å². The molecule has 0 atom stereocenters. The number of carboxylic acid groups (broad SMARTS) is 1. The Hall–Kier alpha value is -1.52. The van der Waals surface area contributed by atoms with Crippen LogP contribution in [0.2, 0.25) is 10.0 Å². The Morgan fingerprint density at radius 3 is 2.83 bits per heavy atom. The largest absolute Gasteiger partial charge is 0.481 e. The lowest BCUT2D eigenvalue weighted by molar-refractivity contribution is -0.136. The van der Waals surface area contributed by atoms with Gasteiger partial charge in [-0.3, -0.25) is 4.79 Å². The molecule has 0 aliphatic heterocycles. The predicted octanol–water partition coefficient (Wildman–Crippen LogP) is 3.67. The van der Waals surface area contributed by atoms with Crippen LogP contribution >= 0.6 is 23.2 Å². The van der Waals surface area contributed by atoms with E-state index >= 15 is 0 Å². The molecule has 0 fully saturated rings. The summed E-state index contributed by atoms with van der Waals surface area (Å²) in [5, 5.41) is 13.3. The summed E-state index contributed by atoms with van der Waals surface area (Å²) in [4.78, 5) is 10.6. The van der Waals surface area contributed by atoms with Crippen LogP contribution in [0, 0.1) is 0 Å². The molecule has 18 heavy (non-hydrogen) atoms. The first kappa shape index (κ1) is 12.9. The van der Waals surface area contributed by atoms with E-state index < -0.39 is 5.97 Å². The summed E-state index contributed by atoms with van der Waals surface area (Å²) in [6.45, 7) is 0. The maximum Gasteiger partial charge on any atom is 0.303 e. The van der Waals surface area contributed by atoms with Gasteiger partial charge in [-0.1, -0.05) is 28.4 Å². The van der Waals surface area contributed by atoms with E-state index in [-0.39, 0.29) is 6.42 Å². The van der Waals surface area contributed by atoms with E-state index in [0.29, 0.717) is 33.4 Å². The van der Waals surface area contributed by atoms with E-state index in [9.17, 15) is 4.79 Å². The predicted molar refractivity (Wildman–Crippen MR) is 67.9 cm³/mol. The Morgan fingerprint density at radius 1 is 1.39 bits per heavy atom. The van der Waals surface area contributed by atoms with Crippen LogP contribution in [0.5, 0.6) is 0 Å². The van der Waals surface area contributed by atoms with Crippen LogP contribution in [0.1, 0.15) is 12.0 Å². The Morgan fingerprint density at radius 2 is 2.17 bits per heavy atom. The van der Waals surface area contributed by atoms with Crippen LogP contribution in [-0.2, 0) is 11.2 Å². The van der Waals surface area contributed by atoms with Gasteiger partial charge < -0.3 is 9.63 Å². The lowest BCUT2D eigenvalue weighted by Crippen LogP contribution is -1.97. The lowest BCUT2D eigenvalue weighted by Gasteiger charge is -2.03. The van der Waals surface area contributed by atoms with Crippen molar-refractivity contribution in [2.45, 2.75) is 12.8 Å². The maximum atomic E-state index is 10.6. The third-order valence-corrected chi connectivity index (χ3v) is 2.98. The van der Waals surface area contributed by atoms with Gasteiger partial charge in [0.15, 0.2) is 5.76 Å². The Kier molecular flexibility index (Phi) is 3.89. The lowest BCUT2D eigenvalue weighted by atomic mass is 10.1. The number of benzene rings is 1. The second-order valence-corrected chi connectivity index (χ2v) is 4.54. The molecule has 0 saturated carbocycles. The van der Waals surface area contributed by atoms with Crippen molar-refractivity contribution in [1.29, 1.82) is 0 Å². The van der Waals surface area contributed by atoms with Crippen molar-refractivity contribution in [2.24, 2.45) is 0 Å². The molecule has 4 nitrogen and oxygen atoms in total. The molecule has 0 amide bonds. The van der Waals surface area contributed by atoms with E-state index in [4.69, 9.17) is 32.8 Å². The molecule has 0 radical (unpaired) electrons. The van der Waals surface area contributed by atoms with Crippen molar-refractivity contribution < 1.29 is 14.4 Å². The second-order valence-electron chi connectivity index (χ2n) is 3.70. The molecule has 0 bridgehead atoms. The minimum atomic E-state index is -0.871. The summed E-state index contributed by atoms with van der Waals surface area (Å²) >= 11 is 11.9. The number of hydrogen-bond acceptors (Lipinski definition) is 3. The molecule has 0 saturated heterocycles. The number of hydrogen-bond donors (Lipinski definition) is 1. The fourth-order valence-electron chi connectivity index (χ4n) is 1.58. The normalized spacial score (nSPS) is 10.6. The number of aromatic nitrogens is 1. The Labute approximate surface area is 113 Å². The Bertz CT molecular complexity index is 580. The van der Waals surface area contributed by atoms with Gasteiger partial charge >= 0.3 is 5.97 Å². The van der Waals surface area contributed by atoms with E-state index in [0.717, 1.165) is 0 Å². The molecule has 1 heterocycles. The summed E-state index contributed by atoms with van der Waals surface area (Å²) in [6, 6.07) is 5.00. The number of carbonyl (C=O) groups is 1. The summed E-state index contributed by atoms with van der Waals surface area (Å²) in [6.07, 6.45) is 1.86. The first-order valence-corrected chi connectivity index (χ1v) is 5.94. The zero-order chi connectivity index (χ0) is 13.1. The van der Waals surface area contributed by atoms with Gasteiger partial charge in [0.25, 0.3) is 0 Å². The zero-order valence-electron chi connectivity index (χ0n) is 9.19. The number of aryl methyl sites for hydroxylation is 1. The second kappa shape index (κ2) is 5.42. The minimum absolute atomic E-state index is 0.0133. The summed E-state index contributed by atoms with van der Waals surface area (Å²) in [7, 11) is 0. The van der Waals surface area contributed by atoms with Gasteiger partial charge in [0, 0.05) is 22.6 Å². The third kappa shape index (κ3) is 2.83. The first-order chi connectivity index (χ1) is 8.58. The highest BCUT2D eigenvalue weighted by atomic mass is 35.5. The number of nitrogens with zero attached hydrogens (tertiary/aromatic N) is 1. The smallest absolute Gasteiger partial charge is 0.303 e. The average molecular weight is 286 g/mol. The van der Waals surface area contributed by atoms with Gasteiger partial charge in [-0.15, -0.1) is 0 Å². The quantitative estimate of drug-likeness (QED) is 0.931. The fraction of sp³-hybridized carbons (Fsp3) is 0.167. The van der Waals surface area contributed by atoms with E-state index in [1.54, 1.807) is 18.2 Å². The fourth-order valence-corrected chi connectivity index (χ4v) is 2.07. The molecule has 1 N–H and O–H groups in total. The molecule has 94 valence electrons. The Balaban J connectivity index is 2.33. The maximum absolute atomic E-state index is 10.6. The zero-order valence-corrected chi connectivity index (χ0v) is 10.7. The van der Waals surface area contributed by atoms with Crippen molar-refractivity contribution in [3.63, 3.8) is 0 Å². The minimum Gasteiger partial charge on any atom is -0.481 e. The van der Waals surface area contributed by atoms with Crippen molar-refractivity contribution in [3.05, 3.63) is 40.0 Å². The van der Waals surface area contributed by atoms with E-state index in [1.165, 1.54) is 6.20 Å². The number of carboxylic acids is 1. The molecule has 0 unspecified atom stereocenters. The summed E-state index contributed by atoms with van der Waals surface area (Å²) in [5.74, 6) is -0.387. The van der Waals surface area contributed by atoms with Gasteiger partial charge in [0.1, 0.15) is 0 Å². The highest BCUT2D eigenvalue weighted by Crippen LogP contribution is 2.32. The van der Waals surface area contributed by atoms with Gasteiger partial charge in [-0.25, -0.2) is 0 Å². The average Bonchev–Trinajstić information content (AvgIpc) is 2.74. The highest BCUT2D eigenvalue weighted by molar-refractivity contribution is 6.36. The molecule has 2 aromatic rings. The van der Waals surface area contributed by atoms with Crippen LogP contribution in [0.4, 0.5) is 0 Å². The molecule has 0 aliphatic carbocycles. The monoisotopic (exact) mass is 285 g/mol. The molecule has 1 aromatic heterocycles. The molecule has 1 aromatic carbocycles. The van der Waals surface area contributed by atoms with Gasteiger partial charge in [-0.2, -0.15) is 0 Å². The molecule has 0 spiro atoms. The number of aliphatic carboxylic acids is 1. The van der Waals surface area contributed by atoms with Gasteiger partial charge in [0.05, 0.1) is 11.2 Å². The summed E-state index contributed by atoms with van der Waals surface area (Å²) in [5.41, 5.74) is 1.36. The van der Waals surface area contributed by atoms with Crippen molar-refractivity contribution >= 4 is 29.2 Å². The topological polar surface area (TPSA) is 63.3 Å². The highest BCUT2D eigenvalue weighted by Gasteiger charge is 2.15. The SMILES string of the molecule is O=C(O)CCc1cnoc1-c1ccc(Cl)cc1Cl. The molecule has 0 aliphatic rings. The summed E-state index contributed by atoms with van der Waals surface area (Å²) < 4.78 is 5.13. The van der Waals surface area contributed by atoms with Gasteiger partial charge in [0.2, 0.25) is 0 Å². The molecule has 2 rings (SSSR count). The molecular formula is C12H9Cl2NO3. The van der Waals surface area contributed by atoms with Crippen LogP contribution in [0.15, 0.2) is 28.9 Å². The molecule has 6 heteroatoms. The van der Waals surface area contributed by atoms with Gasteiger partial charge in [-0.05, 0) is 24.6 Å². The molecular weight excluding hydrogens is 277 g/mol. The number of halogens is 2. The van der Waals surface area contributed by atoms with Crippen LogP contribution in [0.25, 0.3) is 11.3 Å². The van der Waals surface area contributed by atoms with Crippen molar-refractivity contribution in [1.82, 2.24) is 5.16 Å². The standard InChI is InChI=1S/C12H9Cl2NO3/c13-8-2-3-9(10(14)5-8)12-7(6-15-18-12)1-4-11(16)17/h2-3,5-6H,1,4H2,(H,16,17). The van der Waals surface area contributed by atoms with E-state index in [2.05, 4.69) is 5.16 Å². The van der Waals surface area contributed by atoms with Crippen LogP contribution in [0.3, 0.4) is 0 Å². The first-order valence-electron chi connectivity index (χ1n) is 5.18. The van der Waals surface area contributed by atoms with E-state index in [1.807, 2.05) is 0 Å².